The fourth-order valence-electron chi connectivity index (χ4n) is 7.83. The van der Waals surface area contributed by atoms with Crippen LogP contribution < -0.4 is 5.73 Å². The Morgan fingerprint density at radius 1 is 0.976 bits per heavy atom. The van der Waals surface area contributed by atoms with Gasteiger partial charge in [-0.25, -0.2) is 0 Å². The van der Waals surface area contributed by atoms with Gasteiger partial charge in [-0.15, -0.1) is 0 Å². The molecular formula is C37H59NO3. The van der Waals surface area contributed by atoms with Crippen molar-refractivity contribution >= 4 is 5.97 Å². The van der Waals surface area contributed by atoms with Crippen LogP contribution in [-0.4, -0.2) is 28.8 Å². The molecule has 0 heterocycles. The van der Waals surface area contributed by atoms with Crippen LogP contribution in [0.5, 0.6) is 0 Å². The van der Waals surface area contributed by atoms with Gasteiger partial charge in [0.1, 0.15) is 0 Å². The third kappa shape index (κ3) is 11.0. The van der Waals surface area contributed by atoms with Gasteiger partial charge >= 0.3 is 5.97 Å². The van der Waals surface area contributed by atoms with Gasteiger partial charge in [0.2, 0.25) is 0 Å². The number of aliphatic hydroxyl groups excluding tert-OH is 1. The topological polar surface area (TPSA) is 83.5 Å². The predicted octanol–water partition coefficient (Wildman–Crippen LogP) is 8.44. The number of rotatable bonds is 17. The van der Waals surface area contributed by atoms with Crippen molar-refractivity contribution < 1.29 is 15.0 Å². The second-order valence-corrected chi connectivity index (χ2v) is 13.7. The van der Waals surface area contributed by atoms with Crippen molar-refractivity contribution in [2.75, 3.05) is 6.54 Å². The van der Waals surface area contributed by atoms with Crippen LogP contribution >= 0.6 is 0 Å². The molecule has 4 heteroatoms. The Labute approximate surface area is 250 Å². The number of aliphatic carboxylic acids is 1. The Balaban J connectivity index is 1.78. The third-order valence-electron chi connectivity index (χ3n) is 10.0. The van der Waals surface area contributed by atoms with E-state index in [1.165, 1.54) is 63.4 Å². The highest BCUT2D eigenvalue weighted by Gasteiger charge is 2.45. The SMILES string of the molecule is CC(C)CCC(CC=CCCC1CCCCC1)CC1C=CC(Cc2ccccc2)C(C(C(=O)O)C(C)O)C1CCN. The Kier molecular flexibility index (Phi) is 14.7. The van der Waals surface area contributed by atoms with Gasteiger partial charge in [-0.05, 0) is 105 Å². The zero-order valence-corrected chi connectivity index (χ0v) is 26.2. The first kappa shape index (κ1) is 33.6. The first-order valence-corrected chi connectivity index (χ1v) is 16.8. The standard InChI is InChI=1S/C37H59NO3/c1-27(2)19-20-31(18-12-5-9-15-29-13-7-4-8-14-29)25-32-21-22-33(26-30-16-10-6-11-17-30)36(34(32)23-24-38)35(28(3)39)37(40)41/h5-6,10-12,16-17,21-22,27-29,31-36,39H,4,7-9,13-15,18-20,23-26,38H2,1-3H3,(H,40,41). The van der Waals surface area contributed by atoms with E-state index in [9.17, 15) is 15.0 Å². The number of carboxylic acid groups (broad SMARTS) is 1. The van der Waals surface area contributed by atoms with E-state index in [1.54, 1.807) is 6.92 Å². The Morgan fingerprint density at radius 2 is 1.68 bits per heavy atom. The molecule has 0 aliphatic heterocycles. The molecule has 0 bridgehead atoms. The van der Waals surface area contributed by atoms with Crippen molar-refractivity contribution in [1.82, 2.24) is 0 Å². The van der Waals surface area contributed by atoms with E-state index in [0.29, 0.717) is 18.4 Å². The molecule has 0 aromatic heterocycles. The van der Waals surface area contributed by atoms with Crippen molar-refractivity contribution in [3.05, 3.63) is 60.2 Å². The molecule has 0 spiro atoms. The molecule has 2 aliphatic carbocycles. The van der Waals surface area contributed by atoms with Crippen molar-refractivity contribution in [3.63, 3.8) is 0 Å². The van der Waals surface area contributed by atoms with Crippen LogP contribution in [0, 0.1) is 47.3 Å². The quantitative estimate of drug-likeness (QED) is 0.166. The molecule has 1 fully saturated rings. The van der Waals surface area contributed by atoms with Crippen molar-refractivity contribution in [2.45, 2.75) is 110 Å². The molecule has 0 saturated heterocycles. The van der Waals surface area contributed by atoms with Gasteiger partial charge in [-0.1, -0.05) is 107 Å². The van der Waals surface area contributed by atoms with Crippen LogP contribution in [0.25, 0.3) is 0 Å². The lowest BCUT2D eigenvalue weighted by molar-refractivity contribution is -0.151. The molecule has 1 saturated carbocycles. The van der Waals surface area contributed by atoms with E-state index in [1.807, 2.05) is 18.2 Å². The molecule has 4 nitrogen and oxygen atoms in total. The van der Waals surface area contributed by atoms with Crippen LogP contribution in [0.3, 0.4) is 0 Å². The van der Waals surface area contributed by atoms with Crippen LogP contribution in [0.2, 0.25) is 0 Å². The largest absolute Gasteiger partial charge is 0.481 e. The monoisotopic (exact) mass is 565 g/mol. The molecule has 7 atom stereocenters. The summed E-state index contributed by atoms with van der Waals surface area (Å²) in [4.78, 5) is 12.6. The molecule has 3 rings (SSSR count). The molecule has 0 amide bonds. The molecular weight excluding hydrogens is 506 g/mol. The van der Waals surface area contributed by atoms with Gasteiger partial charge in [0.15, 0.2) is 0 Å². The lowest BCUT2D eigenvalue weighted by atomic mass is 9.60. The lowest BCUT2D eigenvalue weighted by Gasteiger charge is -2.44. The number of allylic oxidation sites excluding steroid dienone is 4. The van der Waals surface area contributed by atoms with Gasteiger partial charge in [0.05, 0.1) is 12.0 Å². The molecule has 1 aromatic rings. The number of nitrogens with two attached hydrogens (primary N) is 1. The summed E-state index contributed by atoms with van der Waals surface area (Å²) in [6, 6.07) is 10.3. The molecule has 7 unspecified atom stereocenters. The summed E-state index contributed by atoms with van der Waals surface area (Å²) in [6.07, 6.45) is 24.4. The average Bonchev–Trinajstić information content (AvgIpc) is 2.94. The first-order chi connectivity index (χ1) is 19.8. The maximum absolute atomic E-state index is 12.6. The number of aliphatic hydroxyl groups is 1. The van der Waals surface area contributed by atoms with E-state index >= 15 is 0 Å². The maximum Gasteiger partial charge on any atom is 0.309 e. The summed E-state index contributed by atoms with van der Waals surface area (Å²) in [6.45, 7) is 6.79. The van der Waals surface area contributed by atoms with Crippen LogP contribution in [0.1, 0.15) is 103 Å². The van der Waals surface area contributed by atoms with Crippen LogP contribution in [0.15, 0.2) is 54.6 Å². The van der Waals surface area contributed by atoms with Crippen LogP contribution in [0.4, 0.5) is 0 Å². The van der Waals surface area contributed by atoms with Crippen LogP contribution in [-0.2, 0) is 11.2 Å². The van der Waals surface area contributed by atoms with Gasteiger partial charge in [0.25, 0.3) is 0 Å². The summed E-state index contributed by atoms with van der Waals surface area (Å²) < 4.78 is 0. The molecule has 230 valence electrons. The van der Waals surface area contributed by atoms with Crippen molar-refractivity contribution in [3.8, 4) is 0 Å². The smallest absolute Gasteiger partial charge is 0.309 e. The van der Waals surface area contributed by atoms with Gasteiger partial charge in [0, 0.05) is 0 Å². The lowest BCUT2D eigenvalue weighted by Crippen LogP contribution is -2.45. The Hall–Kier alpha value is -1.91. The number of benzene rings is 1. The highest BCUT2D eigenvalue weighted by molar-refractivity contribution is 5.71. The normalized spacial score (nSPS) is 25.9. The maximum atomic E-state index is 12.6. The number of carboxylic acids is 1. The van der Waals surface area contributed by atoms with E-state index in [2.05, 4.69) is 50.3 Å². The van der Waals surface area contributed by atoms with Gasteiger partial charge < -0.3 is 15.9 Å². The fraction of sp³-hybridized carbons (Fsp3) is 0.703. The zero-order valence-electron chi connectivity index (χ0n) is 26.2. The van der Waals surface area contributed by atoms with E-state index in [4.69, 9.17) is 5.73 Å². The minimum Gasteiger partial charge on any atom is -0.481 e. The number of hydrogen-bond acceptors (Lipinski definition) is 3. The summed E-state index contributed by atoms with van der Waals surface area (Å²) in [7, 11) is 0. The molecule has 41 heavy (non-hydrogen) atoms. The summed E-state index contributed by atoms with van der Waals surface area (Å²) in [5, 5.41) is 21.0. The first-order valence-electron chi connectivity index (χ1n) is 16.8. The summed E-state index contributed by atoms with van der Waals surface area (Å²) in [5.41, 5.74) is 7.40. The summed E-state index contributed by atoms with van der Waals surface area (Å²) >= 11 is 0. The second-order valence-electron chi connectivity index (χ2n) is 13.7. The Bertz CT molecular complexity index is 917. The molecule has 0 radical (unpaired) electrons. The predicted molar refractivity (Wildman–Crippen MR) is 171 cm³/mol. The zero-order chi connectivity index (χ0) is 29.6. The van der Waals surface area contributed by atoms with E-state index in [0.717, 1.165) is 31.6 Å². The van der Waals surface area contributed by atoms with Crippen molar-refractivity contribution in [1.29, 1.82) is 0 Å². The minimum atomic E-state index is -0.910. The van der Waals surface area contributed by atoms with Gasteiger partial charge in [-0.3, -0.25) is 4.79 Å². The second kappa shape index (κ2) is 17.9. The molecule has 1 aromatic carbocycles. The highest BCUT2D eigenvalue weighted by Crippen LogP contribution is 2.46. The van der Waals surface area contributed by atoms with E-state index < -0.39 is 18.0 Å². The Morgan fingerprint density at radius 3 is 2.32 bits per heavy atom. The summed E-state index contributed by atoms with van der Waals surface area (Å²) in [5.74, 6) is 0.806. The number of carbonyl (C=O) groups is 1. The average molecular weight is 566 g/mol. The van der Waals surface area contributed by atoms with Gasteiger partial charge in [-0.2, -0.15) is 0 Å². The highest BCUT2D eigenvalue weighted by atomic mass is 16.4. The third-order valence-corrected chi connectivity index (χ3v) is 10.0. The van der Waals surface area contributed by atoms with E-state index in [-0.39, 0.29) is 23.7 Å². The number of hydrogen-bond donors (Lipinski definition) is 3. The van der Waals surface area contributed by atoms with Crippen molar-refractivity contribution in [2.24, 2.45) is 53.1 Å². The molecule has 2 aliphatic rings. The fourth-order valence-corrected chi connectivity index (χ4v) is 7.83. The minimum absolute atomic E-state index is 0.0645. The molecule has 4 N–H and O–H groups in total.